The molecule has 0 bridgehead atoms. The molecule has 1 aliphatic rings. The van der Waals surface area contributed by atoms with E-state index in [2.05, 4.69) is 4.90 Å². The van der Waals surface area contributed by atoms with Crippen LogP contribution in [0.25, 0.3) is 10.2 Å². The average Bonchev–Trinajstić information content (AvgIpc) is 3.21. The second-order valence-corrected chi connectivity index (χ2v) is 8.75. The third-order valence-electron chi connectivity index (χ3n) is 5.68. The van der Waals surface area contributed by atoms with Crippen molar-refractivity contribution in [3.63, 3.8) is 0 Å². The molecule has 0 saturated carbocycles. The Hall–Kier alpha value is -2.42. The molecule has 0 spiro atoms. The Kier molecular flexibility index (Phi) is 6.60. The van der Waals surface area contributed by atoms with Crippen molar-refractivity contribution in [1.82, 2.24) is 9.88 Å². The number of thiazole rings is 1. The summed E-state index contributed by atoms with van der Waals surface area (Å²) < 4.78 is 33.6. The van der Waals surface area contributed by atoms with Crippen molar-refractivity contribution in [2.24, 2.45) is 0 Å². The molecule has 2 aromatic carbocycles. The summed E-state index contributed by atoms with van der Waals surface area (Å²) in [5.74, 6) is -2.38. The van der Waals surface area contributed by atoms with Gasteiger partial charge < -0.3 is 4.74 Å². The summed E-state index contributed by atoms with van der Waals surface area (Å²) in [5, 5.41) is 0.570. The van der Waals surface area contributed by atoms with Crippen LogP contribution in [-0.2, 0) is 4.74 Å². The van der Waals surface area contributed by atoms with Gasteiger partial charge in [-0.1, -0.05) is 17.4 Å². The number of fused-ring (bicyclic) bond motifs is 1. The second kappa shape index (κ2) is 9.38. The second-order valence-electron chi connectivity index (χ2n) is 7.74. The lowest BCUT2D eigenvalue weighted by atomic mass is 10.1. The van der Waals surface area contributed by atoms with Crippen LogP contribution in [0.1, 0.15) is 27.9 Å². The van der Waals surface area contributed by atoms with Gasteiger partial charge in [-0.05, 0) is 55.7 Å². The Bertz CT molecular complexity index is 1100. The molecule has 0 N–H and O–H groups in total. The van der Waals surface area contributed by atoms with Gasteiger partial charge in [0.05, 0.1) is 23.4 Å². The van der Waals surface area contributed by atoms with E-state index in [4.69, 9.17) is 9.72 Å². The number of nitrogens with zero attached hydrogens (tertiary/aromatic N) is 3. The van der Waals surface area contributed by atoms with Crippen molar-refractivity contribution in [2.45, 2.75) is 20.3 Å². The van der Waals surface area contributed by atoms with Gasteiger partial charge in [0.1, 0.15) is 0 Å². The zero-order chi connectivity index (χ0) is 22.0. The highest BCUT2D eigenvalue weighted by Gasteiger charge is 2.23. The fourth-order valence-electron chi connectivity index (χ4n) is 3.68. The van der Waals surface area contributed by atoms with Crippen LogP contribution in [0.2, 0.25) is 0 Å². The lowest BCUT2D eigenvalue weighted by Crippen LogP contribution is -2.39. The van der Waals surface area contributed by atoms with Gasteiger partial charge >= 0.3 is 0 Å². The number of halogens is 2. The number of hydrogen-bond donors (Lipinski definition) is 0. The molecule has 31 heavy (non-hydrogen) atoms. The van der Waals surface area contributed by atoms with E-state index in [1.54, 1.807) is 4.90 Å². The van der Waals surface area contributed by atoms with Crippen LogP contribution in [0, 0.1) is 25.5 Å². The maximum Gasteiger partial charge on any atom is 0.260 e. The number of rotatable bonds is 6. The van der Waals surface area contributed by atoms with Crippen molar-refractivity contribution < 1.29 is 18.3 Å². The van der Waals surface area contributed by atoms with Gasteiger partial charge in [-0.15, -0.1) is 0 Å². The van der Waals surface area contributed by atoms with E-state index < -0.39 is 11.6 Å². The maximum absolute atomic E-state index is 13.8. The summed E-state index contributed by atoms with van der Waals surface area (Å²) in [5.41, 5.74) is 3.19. The van der Waals surface area contributed by atoms with E-state index in [0.29, 0.717) is 24.9 Å². The first-order valence-corrected chi connectivity index (χ1v) is 11.2. The van der Waals surface area contributed by atoms with E-state index in [0.717, 1.165) is 59.5 Å². The van der Waals surface area contributed by atoms with Gasteiger partial charge in [0.15, 0.2) is 16.8 Å². The van der Waals surface area contributed by atoms with Crippen molar-refractivity contribution in [2.75, 3.05) is 44.3 Å². The minimum Gasteiger partial charge on any atom is -0.379 e. The van der Waals surface area contributed by atoms with Gasteiger partial charge in [0.2, 0.25) is 0 Å². The van der Waals surface area contributed by atoms with E-state index in [1.165, 1.54) is 17.4 Å². The summed E-state index contributed by atoms with van der Waals surface area (Å²) in [6.45, 7) is 8.48. The smallest absolute Gasteiger partial charge is 0.260 e. The lowest BCUT2D eigenvalue weighted by Gasteiger charge is -2.27. The molecule has 4 rings (SSSR count). The fraction of sp³-hybridized carbons (Fsp3) is 0.391. The molecule has 1 fully saturated rings. The molecule has 0 radical (unpaired) electrons. The summed E-state index contributed by atoms with van der Waals surface area (Å²) in [6.07, 6.45) is 0.739. The van der Waals surface area contributed by atoms with Crippen LogP contribution in [0.15, 0.2) is 30.3 Å². The Morgan fingerprint density at radius 2 is 1.94 bits per heavy atom. The van der Waals surface area contributed by atoms with Crippen LogP contribution in [-0.4, -0.2) is 55.2 Å². The number of morpholine rings is 1. The highest BCUT2D eigenvalue weighted by molar-refractivity contribution is 7.22. The molecule has 164 valence electrons. The SMILES string of the molecule is Cc1ccc2sc(N(CCCN3CCOCC3)C(=O)c3ccc(F)c(F)c3)nc2c1C. The molecule has 5 nitrogen and oxygen atoms in total. The first-order valence-electron chi connectivity index (χ1n) is 10.4. The van der Waals surface area contributed by atoms with E-state index in [-0.39, 0.29) is 11.5 Å². The minimum atomic E-state index is -1.03. The fourth-order valence-corrected chi connectivity index (χ4v) is 4.73. The van der Waals surface area contributed by atoms with Crippen molar-refractivity contribution in [1.29, 1.82) is 0 Å². The van der Waals surface area contributed by atoms with Crippen molar-refractivity contribution >= 4 is 32.6 Å². The van der Waals surface area contributed by atoms with E-state index >= 15 is 0 Å². The molecular weight excluding hydrogens is 420 g/mol. The zero-order valence-electron chi connectivity index (χ0n) is 17.7. The molecule has 2 heterocycles. The third-order valence-corrected chi connectivity index (χ3v) is 6.72. The number of aryl methyl sites for hydroxylation is 2. The normalized spacial score (nSPS) is 14.8. The topological polar surface area (TPSA) is 45.7 Å². The molecule has 0 atom stereocenters. The Morgan fingerprint density at radius 3 is 2.68 bits per heavy atom. The molecule has 8 heteroatoms. The molecular formula is C23H25F2N3O2S. The Morgan fingerprint density at radius 1 is 1.16 bits per heavy atom. The first-order chi connectivity index (χ1) is 14.9. The molecule has 0 unspecified atom stereocenters. The quantitative estimate of drug-likeness (QED) is 0.558. The first kappa shape index (κ1) is 21.8. The average molecular weight is 446 g/mol. The van der Waals surface area contributed by atoms with E-state index in [1.807, 2.05) is 26.0 Å². The number of carbonyl (C=O) groups is 1. The Labute approximate surface area is 184 Å². The van der Waals surface area contributed by atoms with Gasteiger partial charge in [-0.2, -0.15) is 0 Å². The molecule has 1 aromatic heterocycles. The van der Waals surface area contributed by atoms with Crippen molar-refractivity contribution in [3.05, 3.63) is 58.7 Å². The predicted molar refractivity (Wildman–Crippen MR) is 119 cm³/mol. The highest BCUT2D eigenvalue weighted by Crippen LogP contribution is 2.33. The zero-order valence-corrected chi connectivity index (χ0v) is 18.5. The number of hydrogen-bond acceptors (Lipinski definition) is 5. The van der Waals surface area contributed by atoms with E-state index in [9.17, 15) is 13.6 Å². The standard InChI is InChI=1S/C23H25F2N3O2S/c1-15-4-7-20-21(16(15)2)26-23(31-20)28(9-3-8-27-10-12-30-13-11-27)22(29)17-5-6-18(24)19(25)14-17/h4-7,14H,3,8-13H2,1-2H3. The predicted octanol–water partition coefficient (Wildman–Crippen LogP) is 4.56. The van der Waals surface area contributed by atoms with Gasteiger partial charge in [0, 0.05) is 31.7 Å². The Balaban J connectivity index is 1.62. The minimum absolute atomic E-state index is 0.109. The highest BCUT2D eigenvalue weighted by atomic mass is 32.1. The molecule has 1 saturated heterocycles. The van der Waals surface area contributed by atoms with Gasteiger partial charge in [-0.3, -0.25) is 14.6 Å². The van der Waals surface area contributed by atoms with Crippen LogP contribution in [0.5, 0.6) is 0 Å². The van der Waals surface area contributed by atoms with Crippen LogP contribution in [0.3, 0.4) is 0 Å². The van der Waals surface area contributed by atoms with Crippen molar-refractivity contribution in [3.8, 4) is 0 Å². The number of anilines is 1. The van der Waals surface area contributed by atoms with Crippen LogP contribution < -0.4 is 4.90 Å². The number of ether oxygens (including phenoxy) is 1. The largest absolute Gasteiger partial charge is 0.379 e. The molecule has 1 amide bonds. The maximum atomic E-state index is 13.8. The molecule has 1 aliphatic heterocycles. The monoisotopic (exact) mass is 445 g/mol. The summed E-state index contributed by atoms with van der Waals surface area (Å²) in [7, 11) is 0. The number of carbonyl (C=O) groups excluding carboxylic acids is 1. The summed E-state index contributed by atoms with van der Waals surface area (Å²) in [4.78, 5) is 21.9. The van der Waals surface area contributed by atoms with Crippen LogP contribution >= 0.6 is 11.3 Å². The molecule has 0 aliphatic carbocycles. The number of aromatic nitrogens is 1. The number of benzene rings is 2. The summed E-state index contributed by atoms with van der Waals surface area (Å²) >= 11 is 1.44. The van der Waals surface area contributed by atoms with Gasteiger partial charge in [-0.25, -0.2) is 13.8 Å². The lowest BCUT2D eigenvalue weighted by molar-refractivity contribution is 0.0376. The van der Waals surface area contributed by atoms with Gasteiger partial charge in [0.25, 0.3) is 5.91 Å². The van der Waals surface area contributed by atoms with Crippen LogP contribution in [0.4, 0.5) is 13.9 Å². The number of amides is 1. The summed E-state index contributed by atoms with van der Waals surface area (Å²) in [6, 6.07) is 7.31. The molecule has 3 aromatic rings. The third kappa shape index (κ3) is 4.76.